The maximum atomic E-state index is 14.6. The third kappa shape index (κ3) is 10.1. The average Bonchev–Trinajstić information content (AvgIpc) is 3.79. The molecule has 276 valence electrons. The van der Waals surface area contributed by atoms with Crippen molar-refractivity contribution in [3.63, 3.8) is 0 Å². The van der Waals surface area contributed by atoms with E-state index in [4.69, 9.17) is 0 Å². The van der Waals surface area contributed by atoms with E-state index in [0.717, 1.165) is 51.4 Å². The Kier molecular flexibility index (Phi) is 13.5. The predicted molar refractivity (Wildman–Crippen MR) is 187 cm³/mol. The zero-order valence-corrected chi connectivity index (χ0v) is 30.6. The number of ketones is 1. The first-order chi connectivity index (χ1) is 23.7. The number of nitrogens with one attached hydrogen (secondary N) is 4. The van der Waals surface area contributed by atoms with Crippen molar-refractivity contribution in [2.45, 2.75) is 142 Å². The van der Waals surface area contributed by atoms with E-state index < -0.39 is 64.9 Å². The summed E-state index contributed by atoms with van der Waals surface area (Å²) in [5.41, 5.74) is -0.660. The van der Waals surface area contributed by atoms with Crippen LogP contribution in [0.4, 0.5) is 0 Å². The molecule has 1 unspecified atom stereocenters. The summed E-state index contributed by atoms with van der Waals surface area (Å²) in [5, 5.41) is 11.5. The minimum Gasteiger partial charge on any atom is -0.347 e. The van der Waals surface area contributed by atoms with Crippen molar-refractivity contribution in [3.05, 3.63) is 24.3 Å². The fraction of sp³-hybridized carbons (Fsp3) is 0.730. The van der Waals surface area contributed by atoms with Gasteiger partial charge in [-0.3, -0.25) is 33.8 Å². The van der Waals surface area contributed by atoms with Gasteiger partial charge in [-0.2, -0.15) is 0 Å². The Hall–Kier alpha value is -3.90. The van der Waals surface area contributed by atoms with Crippen LogP contribution < -0.4 is 21.3 Å². The highest BCUT2D eigenvalue weighted by Crippen LogP contribution is 2.34. The molecule has 0 spiro atoms. The van der Waals surface area contributed by atoms with Gasteiger partial charge < -0.3 is 26.2 Å². The normalized spacial score (nSPS) is 21.5. The third-order valence-corrected chi connectivity index (χ3v) is 10.4. The molecular formula is C37H57N7O6. The molecule has 4 rings (SSSR count). The molecule has 3 fully saturated rings. The lowest BCUT2D eigenvalue weighted by molar-refractivity contribution is -0.146. The van der Waals surface area contributed by atoms with Crippen molar-refractivity contribution in [1.82, 2.24) is 36.1 Å². The number of unbranched alkanes of at least 4 members (excludes halogenated alkanes) is 1. The minimum atomic E-state index is -1.02. The summed E-state index contributed by atoms with van der Waals surface area (Å²) in [6.07, 6.45) is 12.6. The molecule has 5 amide bonds. The molecule has 1 aromatic rings. The van der Waals surface area contributed by atoms with Crippen LogP contribution in [-0.4, -0.2) is 86.9 Å². The summed E-state index contributed by atoms with van der Waals surface area (Å²) < 4.78 is 0. The number of carbonyl (C=O) groups is 6. The van der Waals surface area contributed by atoms with Crippen molar-refractivity contribution >= 4 is 35.3 Å². The molecular weight excluding hydrogens is 638 g/mol. The van der Waals surface area contributed by atoms with Gasteiger partial charge in [-0.25, -0.2) is 4.98 Å². The van der Waals surface area contributed by atoms with E-state index in [9.17, 15) is 28.8 Å². The van der Waals surface area contributed by atoms with Gasteiger partial charge in [0.2, 0.25) is 23.5 Å². The van der Waals surface area contributed by atoms with E-state index in [1.807, 2.05) is 41.5 Å². The van der Waals surface area contributed by atoms with Crippen LogP contribution in [0.1, 0.15) is 123 Å². The Morgan fingerprint density at radius 1 is 0.920 bits per heavy atom. The largest absolute Gasteiger partial charge is 0.347 e. The summed E-state index contributed by atoms with van der Waals surface area (Å²) in [7, 11) is 0. The summed E-state index contributed by atoms with van der Waals surface area (Å²) >= 11 is 0. The smallest absolute Gasteiger partial charge is 0.289 e. The van der Waals surface area contributed by atoms with E-state index in [1.54, 1.807) is 0 Å². The van der Waals surface area contributed by atoms with E-state index in [1.165, 1.54) is 23.5 Å². The SMILES string of the molecule is CCCCC(NC(=O)[C@@H]1[C@@H](C(C)C)CCN1C(=O)[C@@H](NC(=O)[C@@H](NC(=O)c1cnccn1)C1CCCCC1)C(C)(C)C)C(=O)C(=O)NC1CC1. The second-order valence-electron chi connectivity index (χ2n) is 15.7. The van der Waals surface area contributed by atoms with Crippen LogP contribution in [0, 0.1) is 23.2 Å². The number of amides is 5. The van der Waals surface area contributed by atoms with Crippen molar-refractivity contribution in [3.8, 4) is 0 Å². The second-order valence-corrected chi connectivity index (χ2v) is 15.7. The number of likely N-dealkylation sites (tertiary alicyclic amines) is 1. The van der Waals surface area contributed by atoms with E-state index in [-0.39, 0.29) is 29.5 Å². The quantitative estimate of drug-likeness (QED) is 0.202. The third-order valence-electron chi connectivity index (χ3n) is 10.4. The molecule has 13 heteroatoms. The number of nitrogens with zero attached hydrogens (tertiary/aromatic N) is 3. The molecule has 2 heterocycles. The first-order valence-electron chi connectivity index (χ1n) is 18.6. The summed E-state index contributed by atoms with van der Waals surface area (Å²) in [6.45, 7) is 11.8. The Bertz CT molecular complexity index is 1370. The highest BCUT2D eigenvalue weighted by atomic mass is 16.2. The molecule has 2 aliphatic carbocycles. The van der Waals surface area contributed by atoms with Gasteiger partial charge in [0, 0.05) is 25.0 Å². The highest BCUT2D eigenvalue weighted by Gasteiger charge is 2.48. The predicted octanol–water partition coefficient (Wildman–Crippen LogP) is 3.08. The maximum absolute atomic E-state index is 14.6. The maximum Gasteiger partial charge on any atom is 0.289 e. The first kappa shape index (κ1) is 38.9. The average molecular weight is 696 g/mol. The number of hydrogen-bond donors (Lipinski definition) is 4. The lowest BCUT2D eigenvalue weighted by Crippen LogP contribution is -2.62. The molecule has 13 nitrogen and oxygen atoms in total. The monoisotopic (exact) mass is 695 g/mol. The van der Waals surface area contributed by atoms with Gasteiger partial charge in [0.05, 0.1) is 12.2 Å². The second kappa shape index (κ2) is 17.4. The molecule has 2 saturated carbocycles. The molecule has 3 aliphatic rings. The Labute approximate surface area is 296 Å². The molecule has 5 atom stereocenters. The van der Waals surface area contributed by atoms with Crippen LogP contribution in [-0.2, 0) is 24.0 Å². The van der Waals surface area contributed by atoms with Crippen LogP contribution in [0.2, 0.25) is 0 Å². The van der Waals surface area contributed by atoms with Crippen LogP contribution in [0.25, 0.3) is 0 Å². The van der Waals surface area contributed by atoms with E-state index in [0.29, 0.717) is 25.8 Å². The lowest BCUT2D eigenvalue weighted by atomic mass is 9.82. The van der Waals surface area contributed by atoms with Crippen LogP contribution >= 0.6 is 0 Å². The lowest BCUT2D eigenvalue weighted by Gasteiger charge is -2.38. The number of Topliss-reactive ketones (excluding diaryl/α,β-unsaturated/α-hetero) is 1. The Morgan fingerprint density at radius 3 is 2.20 bits per heavy atom. The Morgan fingerprint density at radius 2 is 1.62 bits per heavy atom. The molecule has 50 heavy (non-hydrogen) atoms. The van der Waals surface area contributed by atoms with Gasteiger partial charge in [0.15, 0.2) is 0 Å². The summed E-state index contributed by atoms with van der Waals surface area (Å²) in [5.74, 6) is -3.49. The fourth-order valence-electron chi connectivity index (χ4n) is 7.22. The zero-order chi connectivity index (χ0) is 36.6. The Balaban J connectivity index is 1.57. The molecule has 0 radical (unpaired) electrons. The molecule has 0 bridgehead atoms. The summed E-state index contributed by atoms with van der Waals surface area (Å²) in [4.78, 5) is 91.6. The van der Waals surface area contributed by atoms with Crippen molar-refractivity contribution in [2.75, 3.05) is 6.54 Å². The van der Waals surface area contributed by atoms with E-state index in [2.05, 4.69) is 31.2 Å². The standard InChI is InChI=1S/C37H57N7O6/c1-7-8-14-26(30(45)35(49)40-24-15-16-24)41-34(48)29-25(22(2)3)17-20-44(29)36(50)31(37(4,5)6)43-33(47)28(23-12-10-9-11-13-23)42-32(46)27-21-38-18-19-39-27/h18-19,21-26,28-29,31H,7-17,20H2,1-6H3,(H,40,49)(H,41,48)(H,42,46)(H,43,47)/t25-,26?,28+,29+,31-/m1/s1. The van der Waals surface area contributed by atoms with Gasteiger partial charge in [0.1, 0.15) is 23.8 Å². The molecule has 1 saturated heterocycles. The van der Waals surface area contributed by atoms with Gasteiger partial charge >= 0.3 is 0 Å². The van der Waals surface area contributed by atoms with Crippen molar-refractivity contribution in [1.29, 1.82) is 0 Å². The topological polar surface area (TPSA) is 180 Å². The zero-order valence-electron chi connectivity index (χ0n) is 30.6. The van der Waals surface area contributed by atoms with Gasteiger partial charge in [-0.05, 0) is 61.7 Å². The molecule has 0 aromatic carbocycles. The van der Waals surface area contributed by atoms with Crippen LogP contribution in [0.5, 0.6) is 0 Å². The summed E-state index contributed by atoms with van der Waals surface area (Å²) in [6, 6.07) is -3.80. The fourth-order valence-corrected chi connectivity index (χ4v) is 7.22. The molecule has 4 N–H and O–H groups in total. The molecule has 1 aliphatic heterocycles. The first-order valence-corrected chi connectivity index (χ1v) is 18.6. The van der Waals surface area contributed by atoms with Crippen LogP contribution in [0.3, 0.4) is 0 Å². The number of hydrogen-bond acceptors (Lipinski definition) is 8. The van der Waals surface area contributed by atoms with Gasteiger partial charge in [-0.15, -0.1) is 0 Å². The van der Waals surface area contributed by atoms with Gasteiger partial charge in [0.25, 0.3) is 11.8 Å². The highest BCUT2D eigenvalue weighted by molar-refractivity contribution is 6.38. The van der Waals surface area contributed by atoms with Crippen molar-refractivity contribution in [2.24, 2.45) is 23.2 Å². The van der Waals surface area contributed by atoms with Crippen LogP contribution in [0.15, 0.2) is 18.6 Å². The minimum absolute atomic E-state index is 0.00447. The van der Waals surface area contributed by atoms with Crippen molar-refractivity contribution < 1.29 is 28.8 Å². The van der Waals surface area contributed by atoms with E-state index >= 15 is 0 Å². The number of aromatic nitrogens is 2. The number of rotatable bonds is 15. The molecule has 1 aromatic heterocycles. The van der Waals surface area contributed by atoms with Gasteiger partial charge in [-0.1, -0.05) is 73.6 Å². The number of carbonyl (C=O) groups excluding carboxylic acids is 6.